The first-order valence-electron chi connectivity index (χ1n) is 12.2. The first-order valence-corrected chi connectivity index (χ1v) is 12.2. The van der Waals surface area contributed by atoms with Gasteiger partial charge in [-0.2, -0.15) is 18.2 Å². The van der Waals surface area contributed by atoms with E-state index in [1.54, 1.807) is 36.4 Å². The molecule has 0 unspecified atom stereocenters. The first kappa shape index (κ1) is 29.8. The molecule has 9 nitrogen and oxygen atoms in total. The Balaban J connectivity index is 1.95. The molecule has 0 fully saturated rings. The number of alkyl halides is 3. The Morgan fingerprint density at radius 2 is 1.85 bits per heavy atom. The smallest absolute Gasteiger partial charge is 0.421 e. The predicted molar refractivity (Wildman–Crippen MR) is 147 cm³/mol. The Morgan fingerprint density at radius 1 is 1.05 bits per heavy atom. The summed E-state index contributed by atoms with van der Waals surface area (Å²) >= 11 is 0. The van der Waals surface area contributed by atoms with E-state index >= 15 is 0 Å². The van der Waals surface area contributed by atoms with E-state index in [1.165, 1.54) is 26.3 Å². The number of nitrogens with one attached hydrogen (secondary N) is 3. The van der Waals surface area contributed by atoms with Gasteiger partial charge in [-0.25, -0.2) is 4.98 Å². The molecule has 0 spiro atoms. The molecule has 1 aromatic heterocycles. The zero-order valence-electron chi connectivity index (χ0n) is 22.1. The fraction of sp³-hybridized carbons (Fsp3) is 0.250. The van der Waals surface area contributed by atoms with Crippen molar-refractivity contribution in [3.63, 3.8) is 0 Å². The van der Waals surface area contributed by atoms with E-state index < -0.39 is 23.5 Å². The van der Waals surface area contributed by atoms with E-state index in [1.807, 2.05) is 0 Å². The van der Waals surface area contributed by atoms with E-state index in [0.717, 1.165) is 12.8 Å². The topological polar surface area (TPSA) is 107 Å². The van der Waals surface area contributed by atoms with Crippen LogP contribution in [0.4, 0.5) is 36.3 Å². The van der Waals surface area contributed by atoms with Crippen LogP contribution in [0.2, 0.25) is 0 Å². The van der Waals surface area contributed by atoms with E-state index in [4.69, 9.17) is 14.2 Å². The number of carbonyl (C=O) groups is 1. The average Bonchev–Trinajstić information content (AvgIpc) is 2.94. The van der Waals surface area contributed by atoms with Crippen LogP contribution in [0.25, 0.3) is 0 Å². The summed E-state index contributed by atoms with van der Waals surface area (Å²) < 4.78 is 58.1. The Morgan fingerprint density at radius 3 is 2.52 bits per heavy atom. The molecule has 40 heavy (non-hydrogen) atoms. The molecule has 0 aliphatic rings. The number of ether oxygens (including phenoxy) is 3. The van der Waals surface area contributed by atoms with Crippen molar-refractivity contribution >= 4 is 29.0 Å². The minimum atomic E-state index is -4.77. The number of unbranched alkanes of at least 4 members (excludes halogenated alkanes) is 1. The molecule has 3 aromatic rings. The molecule has 1 amide bonds. The standard InChI is InChI=1S/C28H30F3N5O4/c1-5-7-8-14-39-19-10-11-22(20(16-19)26(37)32-3)35-25-21(28(29,30)31)17-33-27(36-25)34-18-9-12-23(38-4)24(15-18)40-13-6-2/h5-6,9-12,15-17H,1-2,7-8,13-14H2,3-4H3,(H,32,37)(H2,33,34,35,36). The molecule has 0 bridgehead atoms. The normalized spacial score (nSPS) is 10.8. The Kier molecular flexibility index (Phi) is 10.3. The second-order valence-electron chi connectivity index (χ2n) is 8.23. The lowest BCUT2D eigenvalue weighted by molar-refractivity contribution is -0.137. The number of amides is 1. The van der Waals surface area contributed by atoms with E-state index in [2.05, 4.69) is 39.1 Å². The molecule has 212 valence electrons. The van der Waals surface area contributed by atoms with Crippen LogP contribution in [0.5, 0.6) is 17.2 Å². The SMILES string of the molecule is C=CCCCOc1ccc(Nc2nc(Nc3ccc(OC)c(OCC=C)c3)ncc2C(F)(F)F)c(C(=O)NC)c1. The van der Waals surface area contributed by atoms with Gasteiger partial charge in [-0.3, -0.25) is 4.79 Å². The highest BCUT2D eigenvalue weighted by atomic mass is 19.4. The number of carbonyl (C=O) groups excluding carboxylic acids is 1. The van der Waals surface area contributed by atoms with Crippen molar-refractivity contribution in [3.05, 3.63) is 79.0 Å². The van der Waals surface area contributed by atoms with Crippen molar-refractivity contribution in [1.29, 1.82) is 0 Å². The van der Waals surface area contributed by atoms with E-state index in [9.17, 15) is 18.0 Å². The molecule has 2 aromatic carbocycles. The number of rotatable bonds is 14. The van der Waals surface area contributed by atoms with Crippen LogP contribution in [0.3, 0.4) is 0 Å². The molecule has 0 saturated carbocycles. The second kappa shape index (κ2) is 13.9. The van der Waals surface area contributed by atoms with E-state index in [0.29, 0.717) is 35.7 Å². The Hall–Kier alpha value is -4.74. The van der Waals surface area contributed by atoms with Gasteiger partial charge in [0.25, 0.3) is 5.91 Å². The highest BCUT2D eigenvalue weighted by Gasteiger charge is 2.35. The lowest BCUT2D eigenvalue weighted by Gasteiger charge is -2.17. The second-order valence-corrected chi connectivity index (χ2v) is 8.23. The summed E-state index contributed by atoms with van der Waals surface area (Å²) in [4.78, 5) is 20.5. The summed E-state index contributed by atoms with van der Waals surface area (Å²) in [5, 5.41) is 8.01. The van der Waals surface area contributed by atoms with Crippen LogP contribution < -0.4 is 30.2 Å². The van der Waals surface area contributed by atoms with Gasteiger partial charge in [-0.1, -0.05) is 18.7 Å². The van der Waals surface area contributed by atoms with Gasteiger partial charge in [0.2, 0.25) is 5.95 Å². The van der Waals surface area contributed by atoms with Gasteiger partial charge in [-0.05, 0) is 43.2 Å². The number of anilines is 4. The summed E-state index contributed by atoms with van der Waals surface area (Å²) in [6.07, 6.45) is 0.693. The minimum Gasteiger partial charge on any atom is -0.494 e. The number of halogens is 3. The monoisotopic (exact) mass is 557 g/mol. The van der Waals surface area contributed by atoms with Gasteiger partial charge < -0.3 is 30.2 Å². The number of benzene rings is 2. The third-order valence-corrected chi connectivity index (χ3v) is 5.41. The minimum absolute atomic E-state index is 0.0733. The number of nitrogens with zero attached hydrogens (tertiary/aromatic N) is 2. The summed E-state index contributed by atoms with van der Waals surface area (Å²) in [6, 6.07) is 9.30. The van der Waals surface area contributed by atoms with Crippen LogP contribution in [-0.4, -0.2) is 43.2 Å². The zero-order chi connectivity index (χ0) is 29.1. The molecule has 0 aliphatic carbocycles. The van der Waals surface area contributed by atoms with Gasteiger partial charge in [-0.15, -0.1) is 6.58 Å². The van der Waals surface area contributed by atoms with Crippen LogP contribution >= 0.6 is 0 Å². The first-order chi connectivity index (χ1) is 19.2. The number of allylic oxidation sites excluding steroid dienone is 1. The zero-order valence-corrected chi connectivity index (χ0v) is 22.1. The quantitative estimate of drug-likeness (QED) is 0.158. The van der Waals surface area contributed by atoms with Gasteiger partial charge in [0, 0.05) is 25.0 Å². The average molecular weight is 558 g/mol. The van der Waals surface area contributed by atoms with Crippen LogP contribution in [0.1, 0.15) is 28.8 Å². The highest BCUT2D eigenvalue weighted by molar-refractivity contribution is 6.00. The summed E-state index contributed by atoms with van der Waals surface area (Å²) in [5.74, 6) is 0.0386. The summed E-state index contributed by atoms with van der Waals surface area (Å²) in [7, 11) is 2.90. The highest BCUT2D eigenvalue weighted by Crippen LogP contribution is 2.37. The molecule has 0 aliphatic heterocycles. The van der Waals surface area contributed by atoms with Crippen molar-refractivity contribution in [2.24, 2.45) is 0 Å². The molecule has 3 N–H and O–H groups in total. The Bertz CT molecular complexity index is 1350. The molecule has 1 heterocycles. The molecule has 3 rings (SSSR count). The number of hydrogen-bond donors (Lipinski definition) is 3. The molecule has 0 saturated heterocycles. The lowest BCUT2D eigenvalue weighted by Crippen LogP contribution is -2.20. The van der Waals surface area contributed by atoms with Crippen molar-refractivity contribution in [1.82, 2.24) is 15.3 Å². The number of hydrogen-bond acceptors (Lipinski definition) is 8. The fourth-order valence-corrected chi connectivity index (χ4v) is 3.48. The van der Waals surface area contributed by atoms with E-state index in [-0.39, 0.29) is 23.8 Å². The van der Waals surface area contributed by atoms with Gasteiger partial charge in [0.05, 0.1) is 25.0 Å². The van der Waals surface area contributed by atoms with Gasteiger partial charge >= 0.3 is 6.18 Å². The van der Waals surface area contributed by atoms with Gasteiger partial charge in [0.15, 0.2) is 11.5 Å². The summed E-state index contributed by atoms with van der Waals surface area (Å²) in [6.45, 7) is 7.86. The van der Waals surface area contributed by atoms with Crippen LogP contribution in [-0.2, 0) is 6.18 Å². The third-order valence-electron chi connectivity index (χ3n) is 5.41. The molecule has 12 heteroatoms. The van der Waals surface area contributed by atoms with Crippen molar-refractivity contribution in [2.45, 2.75) is 19.0 Å². The molecular formula is C28H30F3N5O4. The fourth-order valence-electron chi connectivity index (χ4n) is 3.48. The molecular weight excluding hydrogens is 527 g/mol. The lowest BCUT2D eigenvalue weighted by atomic mass is 10.1. The maximum Gasteiger partial charge on any atom is 0.421 e. The van der Waals surface area contributed by atoms with Crippen LogP contribution in [0, 0.1) is 0 Å². The van der Waals surface area contributed by atoms with Gasteiger partial charge in [0.1, 0.15) is 23.7 Å². The maximum atomic E-state index is 13.9. The van der Waals surface area contributed by atoms with Crippen LogP contribution in [0.15, 0.2) is 67.9 Å². The number of aromatic nitrogens is 2. The maximum absolute atomic E-state index is 13.9. The van der Waals surface area contributed by atoms with Crippen molar-refractivity contribution < 1.29 is 32.2 Å². The van der Waals surface area contributed by atoms with Crippen molar-refractivity contribution in [3.8, 4) is 17.2 Å². The Labute approximate surface area is 230 Å². The largest absolute Gasteiger partial charge is 0.494 e. The molecule has 0 atom stereocenters. The number of methoxy groups -OCH3 is 1. The molecule has 0 radical (unpaired) electrons. The summed E-state index contributed by atoms with van der Waals surface area (Å²) in [5.41, 5.74) is -0.508. The van der Waals surface area contributed by atoms with Crippen molar-refractivity contribution in [2.75, 3.05) is 38.0 Å². The predicted octanol–water partition coefficient (Wildman–Crippen LogP) is 6.26. The third kappa shape index (κ3) is 7.88.